The molecule has 0 N–H and O–H groups in total. The van der Waals surface area contributed by atoms with Gasteiger partial charge in [0, 0.05) is 19.3 Å². The van der Waals surface area contributed by atoms with Gasteiger partial charge in [0.15, 0.2) is 5.65 Å². The lowest BCUT2D eigenvalue weighted by Gasteiger charge is -2.30. The Morgan fingerprint density at radius 1 is 1.17 bits per heavy atom. The van der Waals surface area contributed by atoms with Gasteiger partial charge in [-0.25, -0.2) is 9.67 Å². The number of piperidine rings is 1. The van der Waals surface area contributed by atoms with E-state index in [4.69, 9.17) is 16.3 Å². The summed E-state index contributed by atoms with van der Waals surface area (Å²) < 4.78 is 6.54. The number of pyridine rings is 1. The molecule has 1 amide bonds. The molecular weight excluding hydrogens is 392 g/mol. The quantitative estimate of drug-likeness (QED) is 0.616. The maximum Gasteiger partial charge on any atom is 0.308 e. The smallest absolute Gasteiger partial charge is 0.308 e. The van der Waals surface area contributed by atoms with Crippen LogP contribution in [-0.2, 0) is 9.53 Å². The van der Waals surface area contributed by atoms with Crippen molar-refractivity contribution in [2.75, 3.05) is 20.2 Å². The number of fused-ring (bicyclic) bond motifs is 1. The lowest BCUT2D eigenvalue weighted by Crippen LogP contribution is -2.40. The number of para-hydroxylation sites is 1. The van der Waals surface area contributed by atoms with Gasteiger partial charge in [-0.15, -0.1) is 0 Å². The van der Waals surface area contributed by atoms with Crippen LogP contribution in [-0.4, -0.2) is 51.7 Å². The second-order valence-electron chi connectivity index (χ2n) is 7.11. The van der Waals surface area contributed by atoms with Crippen molar-refractivity contribution >= 4 is 34.5 Å². The second-order valence-corrected chi connectivity index (χ2v) is 7.48. The van der Waals surface area contributed by atoms with Crippen molar-refractivity contribution < 1.29 is 14.3 Å². The molecule has 3 aromatic rings. The van der Waals surface area contributed by atoms with Crippen LogP contribution in [0.15, 0.2) is 36.5 Å². The maximum absolute atomic E-state index is 13.1. The van der Waals surface area contributed by atoms with Crippen LogP contribution in [0.5, 0.6) is 0 Å². The highest BCUT2D eigenvalue weighted by atomic mass is 35.5. The molecule has 29 heavy (non-hydrogen) atoms. The number of hydrogen-bond donors (Lipinski definition) is 0. The van der Waals surface area contributed by atoms with E-state index >= 15 is 0 Å². The summed E-state index contributed by atoms with van der Waals surface area (Å²) in [6, 6.07) is 9.66. The van der Waals surface area contributed by atoms with Crippen molar-refractivity contribution in [2.45, 2.75) is 19.8 Å². The van der Waals surface area contributed by atoms with Crippen LogP contribution in [0.1, 0.15) is 28.9 Å². The largest absolute Gasteiger partial charge is 0.469 e. The number of aryl methyl sites for hydroxylation is 1. The number of aromatic nitrogens is 3. The first-order chi connectivity index (χ1) is 14.0. The van der Waals surface area contributed by atoms with E-state index in [2.05, 4.69) is 10.1 Å². The van der Waals surface area contributed by atoms with E-state index in [0.29, 0.717) is 53.2 Å². The predicted molar refractivity (Wildman–Crippen MR) is 109 cm³/mol. The van der Waals surface area contributed by atoms with E-state index < -0.39 is 0 Å². The summed E-state index contributed by atoms with van der Waals surface area (Å²) in [5, 5.41) is 5.59. The summed E-state index contributed by atoms with van der Waals surface area (Å²) in [5.41, 5.74) is 2.55. The minimum atomic E-state index is -0.220. The Kier molecular flexibility index (Phi) is 5.24. The molecule has 0 bridgehead atoms. The van der Waals surface area contributed by atoms with Crippen molar-refractivity contribution in [1.82, 2.24) is 19.7 Å². The zero-order chi connectivity index (χ0) is 20.5. The summed E-state index contributed by atoms with van der Waals surface area (Å²) in [5.74, 6) is -0.562. The Bertz CT molecular complexity index is 1070. The highest BCUT2D eigenvalue weighted by Gasteiger charge is 2.30. The fourth-order valence-corrected chi connectivity index (χ4v) is 4.11. The van der Waals surface area contributed by atoms with Crippen molar-refractivity contribution in [3.05, 3.63) is 52.8 Å². The van der Waals surface area contributed by atoms with Crippen LogP contribution >= 0.6 is 11.6 Å². The minimum Gasteiger partial charge on any atom is -0.469 e. The second kappa shape index (κ2) is 7.83. The zero-order valence-electron chi connectivity index (χ0n) is 16.3. The molecule has 0 radical (unpaired) electrons. The van der Waals surface area contributed by atoms with Gasteiger partial charge in [0.1, 0.15) is 0 Å². The predicted octanol–water partition coefficient (Wildman–Crippen LogP) is 3.41. The van der Waals surface area contributed by atoms with Gasteiger partial charge < -0.3 is 9.64 Å². The summed E-state index contributed by atoms with van der Waals surface area (Å²) >= 11 is 6.65. The Morgan fingerprint density at radius 2 is 1.86 bits per heavy atom. The Labute approximate surface area is 173 Å². The van der Waals surface area contributed by atoms with E-state index in [1.54, 1.807) is 9.58 Å². The number of halogens is 1. The Balaban J connectivity index is 1.64. The normalized spacial score (nSPS) is 14.9. The van der Waals surface area contributed by atoms with E-state index in [1.807, 2.05) is 37.3 Å². The first-order valence-corrected chi connectivity index (χ1v) is 9.85. The molecule has 1 aromatic carbocycles. The average molecular weight is 413 g/mol. The summed E-state index contributed by atoms with van der Waals surface area (Å²) in [4.78, 5) is 31.0. The van der Waals surface area contributed by atoms with Crippen molar-refractivity contribution in [1.29, 1.82) is 0 Å². The van der Waals surface area contributed by atoms with Crippen molar-refractivity contribution in [2.24, 2.45) is 5.92 Å². The highest BCUT2D eigenvalue weighted by Crippen LogP contribution is 2.31. The summed E-state index contributed by atoms with van der Waals surface area (Å²) in [7, 11) is 1.39. The fourth-order valence-electron chi connectivity index (χ4n) is 3.76. The number of nitrogens with zero attached hydrogens (tertiary/aromatic N) is 4. The minimum absolute atomic E-state index is 0.161. The van der Waals surface area contributed by atoms with E-state index in [-0.39, 0.29) is 17.8 Å². The summed E-state index contributed by atoms with van der Waals surface area (Å²) in [6.45, 7) is 2.82. The first kappa shape index (κ1) is 19.4. The average Bonchev–Trinajstić information content (AvgIpc) is 3.11. The lowest BCUT2D eigenvalue weighted by molar-refractivity contribution is -0.146. The molecule has 0 atom stereocenters. The van der Waals surface area contributed by atoms with E-state index in [1.165, 1.54) is 13.3 Å². The van der Waals surface area contributed by atoms with Gasteiger partial charge in [0.2, 0.25) is 0 Å². The van der Waals surface area contributed by atoms with Crippen LogP contribution in [0, 0.1) is 12.8 Å². The highest BCUT2D eigenvalue weighted by molar-refractivity contribution is 6.38. The fraction of sp³-hybridized carbons (Fsp3) is 0.333. The number of rotatable bonds is 3. The molecule has 8 heteroatoms. The van der Waals surface area contributed by atoms with Gasteiger partial charge in [-0.3, -0.25) is 9.59 Å². The molecule has 1 saturated heterocycles. The number of hydrogen-bond acceptors (Lipinski definition) is 5. The molecule has 150 valence electrons. The van der Waals surface area contributed by atoms with Crippen LogP contribution in [0.2, 0.25) is 5.02 Å². The van der Waals surface area contributed by atoms with Gasteiger partial charge in [0.25, 0.3) is 5.91 Å². The molecule has 0 unspecified atom stereocenters. The first-order valence-electron chi connectivity index (χ1n) is 9.47. The standard InChI is InChI=1S/C21H21ClN4O3/c1-13-17-18(22)16(20(27)25-10-8-14(9-11-25)21(28)29-2)12-23-19(17)26(24-13)15-6-4-3-5-7-15/h3-7,12,14H,8-11H2,1-2H3. The third kappa shape index (κ3) is 3.46. The molecule has 0 saturated carbocycles. The molecule has 0 aliphatic carbocycles. The molecular formula is C21H21ClN4O3. The number of carbonyl (C=O) groups excluding carboxylic acids is 2. The molecule has 1 aliphatic rings. The number of ether oxygens (including phenoxy) is 1. The number of carbonyl (C=O) groups is 2. The Hall–Kier alpha value is -2.93. The number of esters is 1. The molecule has 4 rings (SSSR count). The number of benzene rings is 1. The SMILES string of the molecule is COC(=O)C1CCN(C(=O)c2cnc3c(c(C)nn3-c3ccccc3)c2Cl)CC1. The summed E-state index contributed by atoms with van der Waals surface area (Å²) in [6.07, 6.45) is 2.67. The molecule has 1 aliphatic heterocycles. The zero-order valence-corrected chi connectivity index (χ0v) is 17.0. The molecule has 7 nitrogen and oxygen atoms in total. The van der Waals surface area contributed by atoms with Crippen molar-refractivity contribution in [3.8, 4) is 5.69 Å². The molecule has 1 fully saturated rings. The van der Waals surface area contributed by atoms with Gasteiger partial charge in [-0.05, 0) is 31.9 Å². The molecule has 3 heterocycles. The van der Waals surface area contributed by atoms with Gasteiger partial charge in [-0.1, -0.05) is 29.8 Å². The molecule has 0 spiro atoms. The van der Waals surface area contributed by atoms with Crippen LogP contribution < -0.4 is 0 Å². The monoisotopic (exact) mass is 412 g/mol. The third-order valence-corrected chi connectivity index (χ3v) is 5.75. The van der Waals surface area contributed by atoms with Crippen molar-refractivity contribution in [3.63, 3.8) is 0 Å². The Morgan fingerprint density at radius 3 is 2.52 bits per heavy atom. The van der Waals surface area contributed by atoms with E-state index in [0.717, 1.165) is 5.69 Å². The number of amides is 1. The number of likely N-dealkylation sites (tertiary alicyclic amines) is 1. The van der Waals surface area contributed by atoms with Gasteiger partial charge in [0.05, 0.1) is 40.4 Å². The van der Waals surface area contributed by atoms with Crippen LogP contribution in [0.25, 0.3) is 16.7 Å². The van der Waals surface area contributed by atoms with Gasteiger partial charge >= 0.3 is 5.97 Å². The van der Waals surface area contributed by atoms with Crippen LogP contribution in [0.3, 0.4) is 0 Å². The maximum atomic E-state index is 13.1. The van der Waals surface area contributed by atoms with Gasteiger partial charge in [-0.2, -0.15) is 5.10 Å². The third-order valence-electron chi connectivity index (χ3n) is 5.36. The lowest BCUT2D eigenvalue weighted by atomic mass is 9.96. The molecule has 2 aromatic heterocycles. The number of methoxy groups -OCH3 is 1. The topological polar surface area (TPSA) is 77.3 Å². The van der Waals surface area contributed by atoms with E-state index in [9.17, 15) is 9.59 Å². The van der Waals surface area contributed by atoms with Crippen LogP contribution in [0.4, 0.5) is 0 Å².